The van der Waals surface area contributed by atoms with Crippen molar-refractivity contribution in [2.24, 2.45) is 0 Å². The second-order valence-corrected chi connectivity index (χ2v) is 4.69. The fourth-order valence-electron chi connectivity index (χ4n) is 2.95. The van der Waals surface area contributed by atoms with E-state index in [1.54, 1.807) is 0 Å². The lowest BCUT2D eigenvalue weighted by molar-refractivity contribution is 0.135. The van der Waals surface area contributed by atoms with Crippen LogP contribution in [0.5, 0.6) is 0 Å². The standard InChI is InChI=1S/C11H22N2/c1-2-8-13-9-4-6-11(10-13)5-3-7-12-11/h12H,2-10H2,1H3. The van der Waals surface area contributed by atoms with Crippen molar-refractivity contribution in [3.05, 3.63) is 0 Å². The minimum absolute atomic E-state index is 0.521. The van der Waals surface area contributed by atoms with Crippen LogP contribution in [0.2, 0.25) is 0 Å². The maximum absolute atomic E-state index is 3.72. The lowest BCUT2D eigenvalue weighted by atomic mass is 9.87. The highest BCUT2D eigenvalue weighted by Crippen LogP contribution is 2.29. The van der Waals surface area contributed by atoms with Gasteiger partial charge in [-0.2, -0.15) is 0 Å². The van der Waals surface area contributed by atoms with Crippen LogP contribution >= 0.6 is 0 Å². The topological polar surface area (TPSA) is 15.3 Å². The van der Waals surface area contributed by atoms with Crippen LogP contribution in [-0.2, 0) is 0 Å². The highest BCUT2D eigenvalue weighted by Gasteiger charge is 2.36. The summed E-state index contributed by atoms with van der Waals surface area (Å²) in [6.07, 6.45) is 6.91. The molecule has 1 N–H and O–H groups in total. The Kier molecular flexibility index (Phi) is 2.89. The molecule has 2 rings (SSSR count). The van der Waals surface area contributed by atoms with E-state index in [-0.39, 0.29) is 0 Å². The van der Waals surface area contributed by atoms with E-state index >= 15 is 0 Å². The Morgan fingerprint density at radius 1 is 1.31 bits per heavy atom. The van der Waals surface area contributed by atoms with Gasteiger partial charge in [-0.3, -0.25) is 0 Å². The number of nitrogens with zero attached hydrogens (tertiary/aromatic N) is 1. The first kappa shape index (κ1) is 9.47. The fraction of sp³-hybridized carbons (Fsp3) is 1.00. The molecule has 2 aliphatic heterocycles. The van der Waals surface area contributed by atoms with Crippen molar-refractivity contribution in [1.29, 1.82) is 0 Å². The van der Waals surface area contributed by atoms with Crippen LogP contribution in [0.3, 0.4) is 0 Å². The molecule has 2 nitrogen and oxygen atoms in total. The van der Waals surface area contributed by atoms with Gasteiger partial charge in [0.1, 0.15) is 0 Å². The molecule has 0 aromatic rings. The highest BCUT2D eigenvalue weighted by molar-refractivity contribution is 4.97. The van der Waals surface area contributed by atoms with Crippen LogP contribution in [0.4, 0.5) is 0 Å². The third-order valence-corrected chi connectivity index (χ3v) is 3.53. The molecule has 0 aromatic heterocycles. The monoisotopic (exact) mass is 182 g/mol. The van der Waals surface area contributed by atoms with Gasteiger partial charge >= 0.3 is 0 Å². The van der Waals surface area contributed by atoms with E-state index in [2.05, 4.69) is 17.1 Å². The van der Waals surface area contributed by atoms with Crippen molar-refractivity contribution in [2.75, 3.05) is 26.2 Å². The number of hydrogen-bond donors (Lipinski definition) is 1. The molecule has 13 heavy (non-hydrogen) atoms. The van der Waals surface area contributed by atoms with E-state index in [9.17, 15) is 0 Å². The number of likely N-dealkylation sites (tertiary alicyclic amines) is 1. The van der Waals surface area contributed by atoms with Gasteiger partial charge in [0.15, 0.2) is 0 Å². The van der Waals surface area contributed by atoms with Gasteiger partial charge in [-0.15, -0.1) is 0 Å². The summed E-state index contributed by atoms with van der Waals surface area (Å²) in [5.74, 6) is 0. The summed E-state index contributed by atoms with van der Waals surface area (Å²) >= 11 is 0. The highest BCUT2D eigenvalue weighted by atomic mass is 15.2. The molecule has 2 saturated heterocycles. The molecule has 0 aliphatic carbocycles. The second-order valence-electron chi connectivity index (χ2n) is 4.69. The quantitative estimate of drug-likeness (QED) is 0.698. The van der Waals surface area contributed by atoms with Gasteiger partial charge in [-0.05, 0) is 51.7 Å². The molecule has 0 bridgehead atoms. The molecule has 0 amide bonds. The van der Waals surface area contributed by atoms with Gasteiger partial charge in [0.2, 0.25) is 0 Å². The zero-order valence-corrected chi connectivity index (χ0v) is 8.81. The first-order chi connectivity index (χ1) is 6.35. The maximum atomic E-state index is 3.72. The molecular formula is C11H22N2. The Morgan fingerprint density at radius 2 is 2.15 bits per heavy atom. The van der Waals surface area contributed by atoms with Gasteiger partial charge in [-0.25, -0.2) is 0 Å². The molecule has 1 unspecified atom stereocenters. The largest absolute Gasteiger partial charge is 0.310 e. The van der Waals surface area contributed by atoms with E-state index in [1.165, 1.54) is 58.3 Å². The van der Waals surface area contributed by atoms with Crippen LogP contribution in [0.1, 0.15) is 39.0 Å². The minimum Gasteiger partial charge on any atom is -0.310 e. The average molecular weight is 182 g/mol. The predicted molar refractivity (Wildman–Crippen MR) is 55.9 cm³/mol. The lowest BCUT2D eigenvalue weighted by Gasteiger charge is -2.40. The molecule has 2 heteroatoms. The first-order valence-electron chi connectivity index (χ1n) is 5.82. The van der Waals surface area contributed by atoms with Crippen LogP contribution in [0.15, 0.2) is 0 Å². The van der Waals surface area contributed by atoms with Crippen LogP contribution in [0, 0.1) is 0 Å². The lowest BCUT2D eigenvalue weighted by Crippen LogP contribution is -2.53. The van der Waals surface area contributed by atoms with E-state index in [0.29, 0.717) is 5.54 Å². The SMILES string of the molecule is CCCN1CCCC2(CCCN2)C1. The molecule has 1 spiro atoms. The Balaban J connectivity index is 1.90. The third-order valence-electron chi connectivity index (χ3n) is 3.53. The Bertz CT molecular complexity index is 159. The van der Waals surface area contributed by atoms with Gasteiger partial charge in [0.05, 0.1) is 0 Å². The molecule has 0 radical (unpaired) electrons. The van der Waals surface area contributed by atoms with Gasteiger partial charge in [-0.1, -0.05) is 6.92 Å². The smallest absolute Gasteiger partial charge is 0.0309 e. The van der Waals surface area contributed by atoms with Crippen LogP contribution in [0.25, 0.3) is 0 Å². The Hall–Kier alpha value is -0.0800. The summed E-state index contributed by atoms with van der Waals surface area (Å²) in [6.45, 7) is 7.46. The Morgan fingerprint density at radius 3 is 2.85 bits per heavy atom. The van der Waals surface area contributed by atoms with E-state index in [4.69, 9.17) is 0 Å². The third kappa shape index (κ3) is 2.05. The minimum atomic E-state index is 0.521. The van der Waals surface area contributed by atoms with Crippen molar-refractivity contribution >= 4 is 0 Å². The summed E-state index contributed by atoms with van der Waals surface area (Å²) in [4.78, 5) is 2.64. The Labute approximate surface area is 81.7 Å². The molecule has 0 saturated carbocycles. The summed E-state index contributed by atoms with van der Waals surface area (Å²) in [6, 6.07) is 0. The summed E-state index contributed by atoms with van der Waals surface area (Å²) in [5.41, 5.74) is 0.521. The second kappa shape index (κ2) is 3.97. The molecular weight excluding hydrogens is 160 g/mol. The van der Waals surface area contributed by atoms with Gasteiger partial charge in [0, 0.05) is 12.1 Å². The number of nitrogens with one attached hydrogen (secondary N) is 1. The van der Waals surface area contributed by atoms with Crippen molar-refractivity contribution < 1.29 is 0 Å². The van der Waals surface area contributed by atoms with Crippen LogP contribution < -0.4 is 5.32 Å². The number of hydrogen-bond acceptors (Lipinski definition) is 2. The van der Waals surface area contributed by atoms with E-state index in [1.807, 2.05) is 0 Å². The van der Waals surface area contributed by atoms with Crippen LogP contribution in [-0.4, -0.2) is 36.6 Å². The molecule has 1 atom stereocenters. The zero-order valence-electron chi connectivity index (χ0n) is 8.81. The van der Waals surface area contributed by atoms with Crippen molar-refractivity contribution in [1.82, 2.24) is 10.2 Å². The summed E-state index contributed by atoms with van der Waals surface area (Å²) < 4.78 is 0. The molecule has 0 aromatic carbocycles. The van der Waals surface area contributed by atoms with Crippen molar-refractivity contribution in [2.45, 2.75) is 44.6 Å². The molecule has 2 heterocycles. The van der Waals surface area contributed by atoms with Gasteiger partial charge in [0.25, 0.3) is 0 Å². The first-order valence-corrected chi connectivity index (χ1v) is 5.82. The van der Waals surface area contributed by atoms with Crippen molar-refractivity contribution in [3.63, 3.8) is 0 Å². The predicted octanol–water partition coefficient (Wildman–Crippen LogP) is 1.61. The van der Waals surface area contributed by atoms with E-state index < -0.39 is 0 Å². The molecule has 2 fully saturated rings. The summed E-state index contributed by atoms with van der Waals surface area (Å²) in [5, 5.41) is 3.72. The van der Waals surface area contributed by atoms with Crippen molar-refractivity contribution in [3.8, 4) is 0 Å². The molecule has 2 aliphatic rings. The molecule has 76 valence electrons. The number of piperidine rings is 1. The summed E-state index contributed by atoms with van der Waals surface area (Å²) in [7, 11) is 0. The number of rotatable bonds is 2. The fourth-order valence-corrected chi connectivity index (χ4v) is 2.95. The average Bonchev–Trinajstić information content (AvgIpc) is 2.54. The maximum Gasteiger partial charge on any atom is 0.0309 e. The normalized spacial score (nSPS) is 35.8. The van der Waals surface area contributed by atoms with E-state index in [0.717, 1.165) is 0 Å². The zero-order chi connectivity index (χ0) is 9.15. The van der Waals surface area contributed by atoms with Gasteiger partial charge < -0.3 is 10.2 Å².